The predicted molar refractivity (Wildman–Crippen MR) is 80.4 cm³/mol. The quantitative estimate of drug-likeness (QED) is 0.784. The van der Waals surface area contributed by atoms with E-state index in [2.05, 4.69) is 17.5 Å². The maximum atomic E-state index is 12.8. The van der Waals surface area contributed by atoms with E-state index >= 15 is 0 Å². The van der Waals surface area contributed by atoms with Gasteiger partial charge in [-0.2, -0.15) is 0 Å². The zero-order valence-corrected chi connectivity index (χ0v) is 11.6. The van der Waals surface area contributed by atoms with Crippen LogP contribution in [-0.2, 0) is 13.2 Å². The molecule has 0 bridgehead atoms. The van der Waals surface area contributed by atoms with E-state index in [0.29, 0.717) is 18.9 Å². The highest BCUT2D eigenvalue weighted by molar-refractivity contribution is 7.17. The van der Waals surface area contributed by atoms with E-state index in [-0.39, 0.29) is 5.82 Å². The molecule has 0 spiro atoms. The molecule has 2 nitrogen and oxygen atoms in total. The van der Waals surface area contributed by atoms with E-state index in [1.165, 1.54) is 22.2 Å². The lowest BCUT2D eigenvalue weighted by Crippen LogP contribution is -1.97. The van der Waals surface area contributed by atoms with E-state index in [0.717, 1.165) is 11.1 Å². The Morgan fingerprint density at radius 1 is 1.10 bits per heavy atom. The lowest BCUT2D eigenvalue weighted by atomic mass is 10.1. The minimum atomic E-state index is -0.258. The van der Waals surface area contributed by atoms with Crippen LogP contribution in [0.5, 0.6) is 5.75 Å². The lowest BCUT2D eigenvalue weighted by Gasteiger charge is -2.06. The Kier molecular flexibility index (Phi) is 3.67. The Bertz CT molecular complexity index is 721. The van der Waals surface area contributed by atoms with Crippen LogP contribution in [0.15, 0.2) is 47.8 Å². The summed E-state index contributed by atoms with van der Waals surface area (Å²) < 4.78 is 19.7. The molecular formula is C16H14FNOS. The highest BCUT2D eigenvalue weighted by Gasteiger charge is 2.06. The van der Waals surface area contributed by atoms with E-state index in [1.54, 1.807) is 23.5 Å². The molecule has 3 aromatic rings. The molecule has 4 heteroatoms. The third-order valence-corrected chi connectivity index (χ3v) is 4.17. The molecule has 0 saturated heterocycles. The average molecular weight is 287 g/mol. The SMILES string of the molecule is NCc1ccc2scc(COc3ccc(F)cc3)c2c1. The molecule has 0 unspecified atom stereocenters. The largest absolute Gasteiger partial charge is 0.489 e. The van der Waals surface area contributed by atoms with Gasteiger partial charge in [-0.25, -0.2) is 4.39 Å². The molecule has 2 N–H and O–H groups in total. The molecule has 0 saturated carbocycles. The van der Waals surface area contributed by atoms with Gasteiger partial charge in [0, 0.05) is 16.8 Å². The fourth-order valence-corrected chi connectivity index (χ4v) is 2.99. The zero-order chi connectivity index (χ0) is 13.9. The number of benzene rings is 2. The van der Waals surface area contributed by atoms with Gasteiger partial charge in [-0.3, -0.25) is 0 Å². The first kappa shape index (κ1) is 13.1. The minimum Gasteiger partial charge on any atom is -0.489 e. The van der Waals surface area contributed by atoms with E-state index < -0.39 is 0 Å². The number of rotatable bonds is 4. The Morgan fingerprint density at radius 2 is 1.90 bits per heavy atom. The van der Waals surface area contributed by atoms with Crippen molar-refractivity contribution in [2.75, 3.05) is 0 Å². The number of thiophene rings is 1. The van der Waals surface area contributed by atoms with Crippen LogP contribution >= 0.6 is 11.3 Å². The number of ether oxygens (including phenoxy) is 1. The van der Waals surface area contributed by atoms with Crippen molar-refractivity contribution in [3.05, 3.63) is 64.8 Å². The van der Waals surface area contributed by atoms with Gasteiger partial charge in [0.15, 0.2) is 0 Å². The van der Waals surface area contributed by atoms with Crippen LogP contribution in [0.4, 0.5) is 4.39 Å². The van der Waals surface area contributed by atoms with Crippen LogP contribution in [0.25, 0.3) is 10.1 Å². The standard InChI is InChI=1S/C16H14FNOS/c17-13-2-4-14(5-3-13)19-9-12-10-20-16-6-1-11(8-18)7-15(12)16/h1-7,10H,8-9,18H2. The second-order valence-electron chi connectivity index (χ2n) is 4.54. The fraction of sp³-hybridized carbons (Fsp3) is 0.125. The van der Waals surface area contributed by atoms with Crippen LogP contribution in [-0.4, -0.2) is 0 Å². The smallest absolute Gasteiger partial charge is 0.123 e. The molecular weight excluding hydrogens is 273 g/mol. The van der Waals surface area contributed by atoms with Gasteiger partial charge < -0.3 is 10.5 Å². The molecule has 0 aliphatic carbocycles. The number of halogens is 1. The Hall–Kier alpha value is -1.91. The van der Waals surface area contributed by atoms with Crippen LogP contribution < -0.4 is 10.5 Å². The molecule has 0 aliphatic heterocycles. The number of fused-ring (bicyclic) bond motifs is 1. The summed E-state index contributed by atoms with van der Waals surface area (Å²) in [6, 6.07) is 12.3. The van der Waals surface area contributed by atoms with Crippen LogP contribution in [0.2, 0.25) is 0 Å². The maximum Gasteiger partial charge on any atom is 0.123 e. The van der Waals surface area contributed by atoms with Crippen molar-refractivity contribution >= 4 is 21.4 Å². The van der Waals surface area contributed by atoms with Gasteiger partial charge >= 0.3 is 0 Å². The number of hydrogen-bond acceptors (Lipinski definition) is 3. The van der Waals surface area contributed by atoms with E-state index in [9.17, 15) is 4.39 Å². The lowest BCUT2D eigenvalue weighted by molar-refractivity contribution is 0.307. The van der Waals surface area contributed by atoms with Crippen molar-refractivity contribution in [2.45, 2.75) is 13.2 Å². The minimum absolute atomic E-state index is 0.258. The Labute approximate surface area is 120 Å². The summed E-state index contributed by atoms with van der Waals surface area (Å²) in [5.41, 5.74) is 7.91. The highest BCUT2D eigenvalue weighted by Crippen LogP contribution is 2.28. The van der Waals surface area contributed by atoms with E-state index in [1.807, 2.05) is 6.07 Å². The Morgan fingerprint density at radius 3 is 2.65 bits per heavy atom. The molecule has 0 atom stereocenters. The van der Waals surface area contributed by atoms with Gasteiger partial charge in [0.2, 0.25) is 0 Å². The summed E-state index contributed by atoms with van der Waals surface area (Å²) in [7, 11) is 0. The van der Waals surface area contributed by atoms with Crippen LogP contribution in [0, 0.1) is 5.82 Å². The molecule has 102 valence electrons. The molecule has 1 heterocycles. The van der Waals surface area contributed by atoms with Gasteiger partial charge in [-0.1, -0.05) is 6.07 Å². The second-order valence-corrected chi connectivity index (χ2v) is 5.45. The van der Waals surface area contributed by atoms with Crippen molar-refractivity contribution < 1.29 is 9.13 Å². The van der Waals surface area contributed by atoms with Gasteiger partial charge in [0.25, 0.3) is 0 Å². The number of hydrogen-bond donors (Lipinski definition) is 1. The summed E-state index contributed by atoms with van der Waals surface area (Å²) in [6.45, 7) is 1.00. The summed E-state index contributed by atoms with van der Waals surface area (Å²) in [5.74, 6) is 0.409. The van der Waals surface area contributed by atoms with Crippen molar-refractivity contribution in [2.24, 2.45) is 5.73 Å². The third kappa shape index (κ3) is 2.66. The first-order chi connectivity index (χ1) is 9.76. The van der Waals surface area contributed by atoms with Gasteiger partial charge in [0.1, 0.15) is 18.2 Å². The van der Waals surface area contributed by atoms with Crippen molar-refractivity contribution in [3.63, 3.8) is 0 Å². The average Bonchev–Trinajstić information content (AvgIpc) is 2.89. The zero-order valence-electron chi connectivity index (χ0n) is 10.8. The van der Waals surface area contributed by atoms with Crippen LogP contribution in [0.1, 0.15) is 11.1 Å². The van der Waals surface area contributed by atoms with Crippen molar-refractivity contribution in [1.82, 2.24) is 0 Å². The van der Waals surface area contributed by atoms with Crippen molar-refractivity contribution in [1.29, 1.82) is 0 Å². The molecule has 0 radical (unpaired) electrons. The topological polar surface area (TPSA) is 35.2 Å². The third-order valence-electron chi connectivity index (χ3n) is 3.16. The summed E-state index contributed by atoms with van der Waals surface area (Å²) in [5, 5.41) is 3.27. The normalized spacial score (nSPS) is 10.9. The summed E-state index contributed by atoms with van der Waals surface area (Å²) in [6.07, 6.45) is 0. The van der Waals surface area contributed by atoms with Gasteiger partial charge in [0.05, 0.1) is 0 Å². The van der Waals surface area contributed by atoms with Crippen LogP contribution in [0.3, 0.4) is 0 Å². The second kappa shape index (κ2) is 5.61. The first-order valence-corrected chi connectivity index (χ1v) is 7.21. The molecule has 0 amide bonds. The highest BCUT2D eigenvalue weighted by atomic mass is 32.1. The van der Waals surface area contributed by atoms with E-state index in [4.69, 9.17) is 10.5 Å². The summed E-state index contributed by atoms with van der Waals surface area (Å²) >= 11 is 1.69. The van der Waals surface area contributed by atoms with Crippen molar-refractivity contribution in [3.8, 4) is 5.75 Å². The molecule has 1 aromatic heterocycles. The molecule has 2 aromatic carbocycles. The van der Waals surface area contributed by atoms with Gasteiger partial charge in [-0.05, 0) is 52.7 Å². The molecule has 0 aliphatic rings. The molecule has 20 heavy (non-hydrogen) atoms. The fourth-order valence-electron chi connectivity index (χ4n) is 2.06. The van der Waals surface area contributed by atoms with Gasteiger partial charge in [-0.15, -0.1) is 11.3 Å². The Balaban J connectivity index is 1.81. The summed E-state index contributed by atoms with van der Waals surface area (Å²) in [4.78, 5) is 0. The molecule has 3 rings (SSSR count). The monoisotopic (exact) mass is 287 g/mol. The molecule has 0 fully saturated rings. The first-order valence-electron chi connectivity index (χ1n) is 6.34. The number of nitrogens with two attached hydrogens (primary N) is 1. The predicted octanol–water partition coefficient (Wildman–Crippen LogP) is 4.08. The maximum absolute atomic E-state index is 12.8.